The maximum atomic E-state index is 6.96. The van der Waals surface area contributed by atoms with E-state index in [1.54, 1.807) is 0 Å². The summed E-state index contributed by atoms with van der Waals surface area (Å²) >= 11 is 0. The minimum absolute atomic E-state index is 0.561. The highest BCUT2D eigenvalue weighted by Crippen LogP contribution is 2.62. The standard InChI is InChI=1S/C53H32N2O2/c1-3-14-33(15-4-1)34-26-28-35(29-27-34)46-32-47(55-52(54-46)36-16-5-2-6-17-36)39-20-13-19-38-41-30-45-40(31-50(41)57-51(38)39)37-18-7-8-21-42(37)53(45)43-22-9-11-24-48(43)56-49-25-12-10-23-44(49)53/h1-32H. The molecule has 3 heterocycles. The maximum Gasteiger partial charge on any atom is 0.160 e. The Balaban J connectivity index is 1.07. The Labute approximate surface area is 329 Å². The van der Waals surface area contributed by atoms with Crippen molar-refractivity contribution in [3.05, 3.63) is 216 Å². The van der Waals surface area contributed by atoms with Crippen molar-refractivity contribution in [2.75, 3.05) is 0 Å². The van der Waals surface area contributed by atoms with E-state index in [0.717, 1.165) is 78.2 Å². The lowest BCUT2D eigenvalue weighted by atomic mass is 9.66. The summed E-state index contributed by atoms with van der Waals surface area (Å²) in [4.78, 5) is 10.3. The van der Waals surface area contributed by atoms with Crippen LogP contribution in [0.5, 0.6) is 11.5 Å². The molecule has 0 radical (unpaired) electrons. The first-order valence-electron chi connectivity index (χ1n) is 19.3. The van der Waals surface area contributed by atoms with Gasteiger partial charge in [0.25, 0.3) is 0 Å². The highest BCUT2D eigenvalue weighted by molar-refractivity contribution is 6.11. The van der Waals surface area contributed by atoms with Crippen molar-refractivity contribution in [1.82, 2.24) is 9.97 Å². The summed E-state index contributed by atoms with van der Waals surface area (Å²) in [5, 5.41) is 2.10. The Morgan fingerprint density at radius 1 is 0.368 bits per heavy atom. The lowest BCUT2D eigenvalue weighted by Gasteiger charge is -2.39. The van der Waals surface area contributed by atoms with Crippen molar-refractivity contribution in [3.63, 3.8) is 0 Å². The summed E-state index contributed by atoms with van der Waals surface area (Å²) < 4.78 is 13.5. The lowest BCUT2D eigenvalue weighted by molar-refractivity contribution is 0.436. The molecule has 0 N–H and O–H groups in total. The Hall–Kier alpha value is -7.56. The van der Waals surface area contributed by atoms with Crippen LogP contribution in [0.15, 0.2) is 199 Å². The van der Waals surface area contributed by atoms with E-state index in [1.165, 1.54) is 27.8 Å². The second-order valence-electron chi connectivity index (χ2n) is 14.8. The van der Waals surface area contributed by atoms with Gasteiger partial charge in [-0.15, -0.1) is 0 Å². The largest absolute Gasteiger partial charge is 0.457 e. The molecule has 2 aromatic heterocycles. The van der Waals surface area contributed by atoms with Crippen LogP contribution in [-0.4, -0.2) is 9.97 Å². The van der Waals surface area contributed by atoms with Crippen LogP contribution in [0.25, 0.3) is 78.1 Å². The number of hydrogen-bond acceptors (Lipinski definition) is 4. The van der Waals surface area contributed by atoms with Crippen LogP contribution in [0.2, 0.25) is 0 Å². The summed E-state index contributed by atoms with van der Waals surface area (Å²) in [5.41, 5.74) is 15.1. The van der Waals surface area contributed by atoms with E-state index in [9.17, 15) is 0 Å². The zero-order valence-corrected chi connectivity index (χ0v) is 30.7. The molecule has 0 fully saturated rings. The summed E-state index contributed by atoms with van der Waals surface area (Å²) in [6, 6.07) is 68.1. The molecular formula is C53H32N2O2. The minimum Gasteiger partial charge on any atom is -0.457 e. The quantitative estimate of drug-likeness (QED) is 0.181. The number of aromatic nitrogens is 2. The molecule has 0 unspecified atom stereocenters. The van der Waals surface area contributed by atoms with Gasteiger partial charge in [0, 0.05) is 38.6 Å². The number of rotatable bonds is 4. The third kappa shape index (κ3) is 4.68. The molecule has 4 nitrogen and oxygen atoms in total. The molecule has 266 valence electrons. The van der Waals surface area contributed by atoms with Crippen molar-refractivity contribution in [1.29, 1.82) is 0 Å². The topological polar surface area (TPSA) is 48.2 Å². The molecule has 1 aliphatic carbocycles. The number of nitrogens with zero attached hydrogens (tertiary/aromatic N) is 2. The predicted molar refractivity (Wildman–Crippen MR) is 228 cm³/mol. The first kappa shape index (κ1) is 31.8. The van der Waals surface area contributed by atoms with E-state index in [1.807, 2.05) is 24.3 Å². The number of furan rings is 1. The molecule has 2 aliphatic rings. The first-order chi connectivity index (χ1) is 28.2. The summed E-state index contributed by atoms with van der Waals surface area (Å²) in [6.07, 6.45) is 0. The summed E-state index contributed by atoms with van der Waals surface area (Å²) in [7, 11) is 0. The van der Waals surface area contributed by atoms with Gasteiger partial charge in [-0.1, -0.05) is 158 Å². The molecule has 0 amide bonds. The van der Waals surface area contributed by atoms with Crippen LogP contribution in [0, 0.1) is 0 Å². The number of benzene rings is 8. The molecule has 1 aliphatic heterocycles. The number of para-hydroxylation sites is 3. The molecule has 12 rings (SSSR count). The van der Waals surface area contributed by atoms with Gasteiger partial charge in [-0.25, -0.2) is 9.97 Å². The van der Waals surface area contributed by atoms with Crippen LogP contribution < -0.4 is 4.74 Å². The summed E-state index contributed by atoms with van der Waals surface area (Å²) in [6.45, 7) is 0. The fourth-order valence-electron chi connectivity index (χ4n) is 9.26. The predicted octanol–water partition coefficient (Wildman–Crippen LogP) is 13.5. The Morgan fingerprint density at radius 2 is 0.947 bits per heavy atom. The van der Waals surface area contributed by atoms with E-state index in [0.29, 0.717) is 5.82 Å². The molecule has 1 spiro atoms. The maximum absolute atomic E-state index is 6.96. The van der Waals surface area contributed by atoms with Crippen molar-refractivity contribution in [2.45, 2.75) is 5.41 Å². The normalized spacial score (nSPS) is 13.2. The van der Waals surface area contributed by atoms with Crippen molar-refractivity contribution >= 4 is 21.9 Å². The average molecular weight is 729 g/mol. The van der Waals surface area contributed by atoms with Crippen molar-refractivity contribution in [3.8, 4) is 67.7 Å². The minimum atomic E-state index is -0.561. The molecule has 0 atom stereocenters. The number of ether oxygens (including phenoxy) is 1. The van der Waals surface area contributed by atoms with Gasteiger partial charge in [0.1, 0.15) is 22.7 Å². The van der Waals surface area contributed by atoms with Crippen LogP contribution in [-0.2, 0) is 5.41 Å². The van der Waals surface area contributed by atoms with Gasteiger partial charge in [-0.05, 0) is 69.8 Å². The van der Waals surface area contributed by atoms with E-state index in [2.05, 4.69) is 170 Å². The molecule has 8 aromatic carbocycles. The van der Waals surface area contributed by atoms with Gasteiger partial charge in [0.15, 0.2) is 5.82 Å². The zero-order valence-electron chi connectivity index (χ0n) is 30.7. The van der Waals surface area contributed by atoms with Crippen molar-refractivity contribution < 1.29 is 9.15 Å². The molecule has 10 aromatic rings. The lowest BCUT2D eigenvalue weighted by Crippen LogP contribution is -2.32. The third-order valence-electron chi connectivity index (χ3n) is 11.8. The highest BCUT2D eigenvalue weighted by atomic mass is 16.5. The second kappa shape index (κ2) is 12.2. The van der Waals surface area contributed by atoms with Gasteiger partial charge in [-0.3, -0.25) is 0 Å². The monoisotopic (exact) mass is 728 g/mol. The third-order valence-corrected chi connectivity index (χ3v) is 11.8. The van der Waals surface area contributed by atoms with E-state index in [-0.39, 0.29) is 0 Å². The molecule has 0 saturated heterocycles. The van der Waals surface area contributed by atoms with E-state index in [4.69, 9.17) is 19.1 Å². The smallest absolute Gasteiger partial charge is 0.160 e. The van der Waals surface area contributed by atoms with E-state index < -0.39 is 5.41 Å². The highest BCUT2D eigenvalue weighted by Gasteiger charge is 2.51. The van der Waals surface area contributed by atoms with Crippen LogP contribution in [0.4, 0.5) is 0 Å². The van der Waals surface area contributed by atoms with Crippen LogP contribution in [0.3, 0.4) is 0 Å². The van der Waals surface area contributed by atoms with Crippen LogP contribution in [0.1, 0.15) is 22.3 Å². The fourth-order valence-corrected chi connectivity index (χ4v) is 9.26. The van der Waals surface area contributed by atoms with Gasteiger partial charge < -0.3 is 9.15 Å². The van der Waals surface area contributed by atoms with Gasteiger partial charge in [0.05, 0.1) is 16.8 Å². The SMILES string of the molecule is c1ccc(-c2ccc(-c3cc(-c4cccc5c4oc4cc6c(cc45)C4(c5ccccc5Oc5ccccc54)c4ccccc4-6)nc(-c4ccccc4)n3)cc2)cc1. The Kier molecular flexibility index (Phi) is 6.81. The van der Waals surface area contributed by atoms with Crippen molar-refractivity contribution in [2.24, 2.45) is 0 Å². The second-order valence-corrected chi connectivity index (χ2v) is 14.8. The van der Waals surface area contributed by atoms with E-state index >= 15 is 0 Å². The average Bonchev–Trinajstić information content (AvgIpc) is 3.79. The summed E-state index contributed by atoms with van der Waals surface area (Å²) in [5.74, 6) is 2.42. The van der Waals surface area contributed by atoms with Gasteiger partial charge in [-0.2, -0.15) is 0 Å². The number of fused-ring (bicyclic) bond motifs is 12. The van der Waals surface area contributed by atoms with Gasteiger partial charge in [0.2, 0.25) is 0 Å². The molecular weight excluding hydrogens is 697 g/mol. The molecule has 0 bridgehead atoms. The fraction of sp³-hybridized carbons (Fsp3) is 0.0189. The van der Waals surface area contributed by atoms with Crippen LogP contribution >= 0.6 is 0 Å². The molecule has 0 saturated carbocycles. The number of hydrogen-bond donors (Lipinski definition) is 0. The zero-order chi connectivity index (χ0) is 37.5. The Morgan fingerprint density at radius 3 is 1.68 bits per heavy atom. The molecule has 57 heavy (non-hydrogen) atoms. The molecule has 4 heteroatoms. The van der Waals surface area contributed by atoms with Gasteiger partial charge >= 0.3 is 0 Å². The first-order valence-corrected chi connectivity index (χ1v) is 19.3. The Bertz CT molecular complexity index is 3160.